The molecule has 0 saturated heterocycles. The number of halogens is 6. The fourth-order valence-electron chi connectivity index (χ4n) is 3.05. The average Bonchev–Trinajstić information content (AvgIpc) is 2.77. The number of benzene rings is 1. The van der Waals surface area contributed by atoms with Crippen LogP contribution < -0.4 is 15.2 Å². The summed E-state index contributed by atoms with van der Waals surface area (Å²) in [6, 6.07) is 11.2. The molecule has 1 unspecified atom stereocenters. The molecule has 2 N–H and O–H groups in total. The van der Waals surface area contributed by atoms with Crippen LogP contribution in [0.1, 0.15) is 28.9 Å². The number of nitrogens with zero attached hydrogens (tertiary/aromatic N) is 1. The number of hydrogen-bond donors (Lipinski definition) is 2. The number of amides is 2. The number of carbonyl (C=O) groups is 3. The first-order valence-electron chi connectivity index (χ1n) is 10.1. The summed E-state index contributed by atoms with van der Waals surface area (Å²) in [4.78, 5) is 36.2. The van der Waals surface area contributed by atoms with Crippen LogP contribution in [0.3, 0.4) is 0 Å². The minimum atomic E-state index is -10.7. The van der Waals surface area contributed by atoms with Crippen molar-refractivity contribution in [2.45, 2.75) is 19.5 Å². The Morgan fingerprint density at radius 1 is 0.972 bits per heavy atom. The van der Waals surface area contributed by atoms with Crippen LogP contribution in [0.15, 0.2) is 66.1 Å². The third kappa shape index (κ3) is 10.3. The van der Waals surface area contributed by atoms with Crippen molar-refractivity contribution in [1.82, 2.24) is 10.6 Å². The van der Waals surface area contributed by atoms with Gasteiger partial charge in [0.15, 0.2) is 25.5 Å². The molecule has 3 rings (SSSR count). The summed E-state index contributed by atoms with van der Waals surface area (Å²) in [5, 5.41) is 5.27. The van der Waals surface area contributed by atoms with Gasteiger partial charge in [0.25, 0.3) is 0 Å². The quantitative estimate of drug-likeness (QED) is 0.232. The summed E-state index contributed by atoms with van der Waals surface area (Å²) in [6.07, 6.45) is 3.79. The molecule has 198 valence electrons. The number of nitrogens with one attached hydrogen (secondary N) is 2. The normalized spacial score (nSPS) is 17.3. The topological polar surface area (TPSA) is 97.6 Å². The molecule has 1 aromatic heterocycles. The monoisotopic (exact) mass is 541 g/mol. The van der Waals surface area contributed by atoms with Crippen molar-refractivity contribution in [3.8, 4) is 0 Å². The van der Waals surface area contributed by atoms with Gasteiger partial charge in [-0.05, 0) is 24.6 Å². The summed E-state index contributed by atoms with van der Waals surface area (Å²) in [5.74, 6) is -0.982. The molecule has 8 nitrogen and oxygen atoms in total. The number of aromatic nitrogens is 1. The molecule has 0 fully saturated rings. The molecule has 1 aliphatic heterocycles. The van der Waals surface area contributed by atoms with Crippen LogP contribution in [-0.2, 0) is 20.8 Å². The first-order valence-corrected chi connectivity index (χ1v) is 12.1. The Bertz CT molecular complexity index is 1150. The van der Waals surface area contributed by atoms with Crippen molar-refractivity contribution in [2.75, 3.05) is 13.7 Å². The van der Waals surface area contributed by atoms with E-state index in [0.29, 0.717) is 28.9 Å². The van der Waals surface area contributed by atoms with E-state index in [1.54, 1.807) is 31.2 Å². The molecule has 36 heavy (non-hydrogen) atoms. The summed E-state index contributed by atoms with van der Waals surface area (Å²) >= 11 is 0. The van der Waals surface area contributed by atoms with Gasteiger partial charge in [0.2, 0.25) is 0 Å². The van der Waals surface area contributed by atoms with E-state index in [1.807, 2.05) is 35.2 Å². The Hall–Kier alpha value is -3.67. The van der Waals surface area contributed by atoms with Gasteiger partial charge in [-0.25, -0.2) is 19.0 Å². The Morgan fingerprint density at radius 2 is 1.53 bits per heavy atom. The Labute approximate surface area is 201 Å². The van der Waals surface area contributed by atoms with Gasteiger partial charge in [0, 0.05) is 17.8 Å². The zero-order valence-electron chi connectivity index (χ0n) is 18.9. The van der Waals surface area contributed by atoms with Gasteiger partial charge in [-0.2, -0.15) is 0 Å². The number of methoxy groups -OCH3 is 1. The summed E-state index contributed by atoms with van der Waals surface area (Å²) < 4.78 is 71.2. The van der Waals surface area contributed by atoms with Crippen molar-refractivity contribution >= 4 is 25.8 Å². The molecule has 0 bridgehead atoms. The van der Waals surface area contributed by atoms with Crippen LogP contribution in [0.4, 0.5) is 30.0 Å². The third-order valence-electron chi connectivity index (χ3n) is 4.51. The SMILES string of the molecule is COC(=O)C1=C(C)NC(=O)NC1c1ccc(C(=O)OCC[n+]2ccccc2)cc1.F[P-](F)(F)(F)(F)F. The van der Waals surface area contributed by atoms with E-state index < -0.39 is 31.8 Å². The predicted molar refractivity (Wildman–Crippen MR) is 116 cm³/mol. The van der Waals surface area contributed by atoms with Crippen molar-refractivity contribution in [1.29, 1.82) is 0 Å². The molecule has 2 amide bonds. The Kier molecular flexibility index (Phi) is 8.04. The zero-order valence-corrected chi connectivity index (χ0v) is 19.8. The molecule has 0 aliphatic carbocycles. The minimum absolute atomic E-state index is 0.244. The van der Waals surface area contributed by atoms with E-state index in [-0.39, 0.29) is 6.61 Å². The number of esters is 2. The molecule has 1 atom stereocenters. The molecule has 2 heterocycles. The van der Waals surface area contributed by atoms with Gasteiger partial charge in [0.1, 0.15) is 0 Å². The summed E-state index contributed by atoms with van der Waals surface area (Å²) in [6.45, 7) is 2.43. The fraction of sp³-hybridized carbons (Fsp3) is 0.238. The molecule has 0 spiro atoms. The van der Waals surface area contributed by atoms with E-state index in [0.717, 1.165) is 0 Å². The van der Waals surface area contributed by atoms with Crippen LogP contribution >= 0.6 is 7.81 Å². The number of allylic oxidation sites excluding steroid dienone is 1. The summed E-state index contributed by atoms with van der Waals surface area (Å²) in [5.41, 5.74) is 1.76. The van der Waals surface area contributed by atoms with Gasteiger partial charge >= 0.3 is 51.0 Å². The molecule has 1 aromatic carbocycles. The third-order valence-corrected chi connectivity index (χ3v) is 4.51. The maximum absolute atomic E-state index is 12.3. The van der Waals surface area contributed by atoms with Gasteiger partial charge in [-0.3, -0.25) is 0 Å². The second-order valence-electron chi connectivity index (χ2n) is 7.39. The van der Waals surface area contributed by atoms with E-state index in [4.69, 9.17) is 9.47 Å². The number of urea groups is 1. The van der Waals surface area contributed by atoms with E-state index >= 15 is 0 Å². The molecule has 0 saturated carbocycles. The maximum atomic E-state index is 12.3. The van der Waals surface area contributed by atoms with E-state index in [9.17, 15) is 39.6 Å². The zero-order chi connectivity index (χ0) is 27.2. The Balaban J connectivity index is 0.000000572. The van der Waals surface area contributed by atoms with Crippen LogP contribution in [0.25, 0.3) is 0 Å². The molecule has 1 aliphatic rings. The number of hydrogen-bond acceptors (Lipinski definition) is 5. The van der Waals surface area contributed by atoms with E-state index in [2.05, 4.69) is 10.6 Å². The second kappa shape index (κ2) is 10.1. The number of rotatable bonds is 6. The fourth-order valence-corrected chi connectivity index (χ4v) is 3.05. The standard InChI is InChI=1S/C21H21N3O5.F6P/c1-14-17(20(26)28-2)18(23-21(27)22-14)15-6-8-16(9-7-15)19(25)29-13-12-24-10-4-3-5-11-24;1-7(2,3,4,5)6/h3-11,18H,12-13H2,1-2H3,(H-,22,23,26,27);/q;-1/p+1. The van der Waals surface area contributed by atoms with Crippen LogP contribution in [0.2, 0.25) is 0 Å². The van der Waals surface area contributed by atoms with Gasteiger partial charge < -0.3 is 20.1 Å². The molecule has 0 radical (unpaired) electrons. The number of carbonyl (C=O) groups excluding carboxylic acids is 3. The van der Waals surface area contributed by atoms with Gasteiger partial charge in [-0.1, -0.05) is 18.2 Å². The van der Waals surface area contributed by atoms with Crippen molar-refractivity contribution in [3.63, 3.8) is 0 Å². The first kappa shape index (κ1) is 28.6. The molecular formula is C21H22F6N3O5P. The Morgan fingerprint density at radius 3 is 2.06 bits per heavy atom. The molecular weight excluding hydrogens is 519 g/mol. The van der Waals surface area contributed by atoms with Crippen LogP contribution in [-0.4, -0.2) is 31.7 Å². The van der Waals surface area contributed by atoms with Crippen molar-refractivity contribution in [3.05, 3.63) is 77.3 Å². The van der Waals surface area contributed by atoms with Crippen LogP contribution in [0.5, 0.6) is 0 Å². The summed E-state index contributed by atoms with van der Waals surface area (Å²) in [7, 11) is -9.38. The van der Waals surface area contributed by atoms with Gasteiger partial charge in [-0.15, -0.1) is 0 Å². The first-order chi connectivity index (χ1) is 16.4. The molecule has 15 heteroatoms. The number of pyridine rings is 1. The molecule has 2 aromatic rings. The number of ether oxygens (including phenoxy) is 2. The van der Waals surface area contributed by atoms with Crippen molar-refractivity contribution in [2.24, 2.45) is 0 Å². The predicted octanol–water partition coefficient (Wildman–Crippen LogP) is 5.01. The average molecular weight is 541 g/mol. The van der Waals surface area contributed by atoms with Gasteiger partial charge in [0.05, 0.1) is 24.3 Å². The van der Waals surface area contributed by atoms with Crippen molar-refractivity contribution < 1.29 is 53.6 Å². The van der Waals surface area contributed by atoms with E-state index in [1.165, 1.54) is 7.11 Å². The van der Waals surface area contributed by atoms with Crippen LogP contribution in [0, 0.1) is 0 Å². The second-order valence-corrected chi connectivity index (χ2v) is 9.31.